The van der Waals surface area contributed by atoms with Crippen LogP contribution in [0.1, 0.15) is 57.8 Å². The molecule has 0 saturated carbocycles. The lowest BCUT2D eigenvalue weighted by atomic mass is 9.88. The minimum Gasteiger partial charge on any atom is -0.434 e. The van der Waals surface area contributed by atoms with E-state index in [0.717, 1.165) is 16.8 Å². The van der Waals surface area contributed by atoms with Gasteiger partial charge in [0.25, 0.3) is 5.91 Å². The van der Waals surface area contributed by atoms with Crippen LogP contribution in [-0.4, -0.2) is 62.2 Å². The normalized spacial score (nSPS) is 24.1. The van der Waals surface area contributed by atoms with E-state index < -0.39 is 12.2 Å². The zero-order chi connectivity index (χ0) is 26.2. The van der Waals surface area contributed by atoms with E-state index in [1.165, 1.54) is 6.07 Å². The van der Waals surface area contributed by atoms with Gasteiger partial charge < -0.3 is 20.1 Å². The number of nitrogens with zero attached hydrogens (tertiary/aromatic N) is 6. The summed E-state index contributed by atoms with van der Waals surface area (Å²) in [5, 5.41) is 4.75. The van der Waals surface area contributed by atoms with Gasteiger partial charge in [-0.2, -0.15) is 13.9 Å². The Morgan fingerprint density at radius 1 is 1.21 bits per heavy atom. The molecule has 3 unspecified atom stereocenters. The van der Waals surface area contributed by atoms with Crippen LogP contribution in [0.25, 0.3) is 16.8 Å². The van der Waals surface area contributed by atoms with Gasteiger partial charge in [-0.1, -0.05) is 6.07 Å². The van der Waals surface area contributed by atoms with Crippen molar-refractivity contribution in [1.29, 1.82) is 0 Å². The van der Waals surface area contributed by atoms with Gasteiger partial charge in [-0.15, -0.1) is 0 Å². The molecular formula is C26H23F2N7O3. The maximum Gasteiger partial charge on any atom is 0.387 e. The zero-order valence-corrected chi connectivity index (χ0v) is 20.3. The Morgan fingerprint density at radius 3 is 2.76 bits per heavy atom. The van der Waals surface area contributed by atoms with Crippen LogP contribution in [0.2, 0.25) is 0 Å². The van der Waals surface area contributed by atoms with Crippen LogP contribution >= 0.6 is 0 Å². The summed E-state index contributed by atoms with van der Waals surface area (Å²) < 4.78 is 38.6. The van der Waals surface area contributed by atoms with Crippen molar-refractivity contribution in [1.82, 2.24) is 29.5 Å². The molecule has 7 rings (SSSR count). The van der Waals surface area contributed by atoms with Crippen LogP contribution in [0.4, 0.5) is 8.78 Å². The Bertz CT molecular complexity index is 1580. The first-order valence-electron chi connectivity index (χ1n) is 12.3. The predicted molar refractivity (Wildman–Crippen MR) is 130 cm³/mol. The number of hydrogen-bond acceptors (Lipinski definition) is 8. The lowest BCUT2D eigenvalue weighted by molar-refractivity contribution is -0.0505. The Morgan fingerprint density at radius 2 is 2.03 bits per heavy atom. The monoisotopic (exact) mass is 519 g/mol. The van der Waals surface area contributed by atoms with Gasteiger partial charge in [0, 0.05) is 54.2 Å². The van der Waals surface area contributed by atoms with Gasteiger partial charge in [0.15, 0.2) is 0 Å². The second-order valence-corrected chi connectivity index (χ2v) is 9.97. The summed E-state index contributed by atoms with van der Waals surface area (Å²) in [5.74, 6) is -0.0935. The molecule has 2 aliphatic heterocycles. The molecule has 3 aromatic heterocycles. The van der Waals surface area contributed by atoms with E-state index in [2.05, 4.69) is 15.0 Å². The van der Waals surface area contributed by atoms with Crippen molar-refractivity contribution in [2.45, 2.75) is 37.0 Å². The molecule has 1 fully saturated rings. The van der Waals surface area contributed by atoms with Gasteiger partial charge in [0.05, 0.1) is 29.6 Å². The predicted octanol–water partition coefficient (Wildman–Crippen LogP) is 3.02. The third kappa shape index (κ3) is 3.33. The van der Waals surface area contributed by atoms with Crippen molar-refractivity contribution in [3.05, 3.63) is 71.2 Å². The molecular weight excluding hydrogens is 496 g/mol. The van der Waals surface area contributed by atoms with Crippen molar-refractivity contribution < 1.29 is 23.0 Å². The van der Waals surface area contributed by atoms with Crippen LogP contribution in [0.5, 0.6) is 5.75 Å². The molecule has 3 atom stereocenters. The van der Waals surface area contributed by atoms with Crippen LogP contribution in [-0.2, 0) is 10.3 Å². The number of nitrogens with two attached hydrogens (primary N) is 1. The maximum atomic E-state index is 13.3. The second kappa shape index (κ2) is 8.23. The molecule has 2 N–H and O–H groups in total. The fourth-order valence-electron chi connectivity index (χ4n) is 5.91. The molecule has 1 saturated heterocycles. The molecule has 1 amide bonds. The highest BCUT2D eigenvalue weighted by molar-refractivity contribution is 5.98. The Labute approximate surface area is 215 Å². The number of rotatable bonds is 4. The Hall–Kier alpha value is -4.03. The smallest absolute Gasteiger partial charge is 0.387 e. The van der Waals surface area contributed by atoms with Crippen molar-refractivity contribution in [2.75, 3.05) is 20.3 Å². The van der Waals surface area contributed by atoms with Gasteiger partial charge >= 0.3 is 6.61 Å². The third-order valence-corrected chi connectivity index (χ3v) is 7.81. The highest BCUT2D eigenvalue weighted by atomic mass is 19.3. The van der Waals surface area contributed by atoms with Crippen LogP contribution < -0.4 is 10.5 Å². The molecule has 0 radical (unpaired) electrons. The lowest BCUT2D eigenvalue weighted by Crippen LogP contribution is -2.38. The summed E-state index contributed by atoms with van der Waals surface area (Å²) in [6, 6.07) is 6.27. The summed E-state index contributed by atoms with van der Waals surface area (Å²) in [7, 11) is 1.71. The fourth-order valence-corrected chi connectivity index (χ4v) is 5.91. The van der Waals surface area contributed by atoms with E-state index in [0.29, 0.717) is 54.3 Å². The Balaban J connectivity index is 1.35. The standard InChI is InChI=1S/C26H23F2N7O3/c1-34-18-7-15(20-14(23(34)36)3-2-4-19(20)38-25(27)28)21-17-8-16(32-12-35(17)33-22(18)21)13-9-30-24(31-10-13)26(29)5-6-37-11-26/h2-4,8-10,12,15,18,25H,5-7,11,29H2,1H3. The van der Waals surface area contributed by atoms with Gasteiger partial charge in [-0.3, -0.25) is 4.79 Å². The van der Waals surface area contributed by atoms with E-state index >= 15 is 0 Å². The number of carbonyl (C=O) groups is 1. The molecule has 12 heteroatoms. The summed E-state index contributed by atoms with van der Waals surface area (Å²) in [6.07, 6.45) is 6.14. The van der Waals surface area contributed by atoms with Crippen molar-refractivity contribution in [3.63, 3.8) is 0 Å². The minimum atomic E-state index is -3.01. The van der Waals surface area contributed by atoms with Crippen molar-refractivity contribution in [2.24, 2.45) is 5.73 Å². The third-order valence-electron chi connectivity index (χ3n) is 7.81. The van der Waals surface area contributed by atoms with Crippen molar-refractivity contribution in [3.8, 4) is 17.0 Å². The number of aromatic nitrogens is 5. The Kier molecular flexibility index (Phi) is 5.01. The van der Waals surface area contributed by atoms with E-state index in [-0.39, 0.29) is 23.6 Å². The van der Waals surface area contributed by atoms with E-state index in [1.807, 2.05) is 6.07 Å². The van der Waals surface area contributed by atoms with E-state index in [4.69, 9.17) is 20.3 Å². The number of amides is 1. The average Bonchev–Trinajstić information content (AvgIpc) is 3.60. The highest BCUT2D eigenvalue weighted by Gasteiger charge is 2.46. The largest absolute Gasteiger partial charge is 0.434 e. The molecule has 5 heterocycles. The molecule has 38 heavy (non-hydrogen) atoms. The summed E-state index contributed by atoms with van der Waals surface area (Å²) in [5.41, 5.74) is 10.2. The number of alkyl halides is 2. The molecule has 2 bridgehead atoms. The van der Waals surface area contributed by atoms with Crippen LogP contribution in [0, 0.1) is 0 Å². The number of benzene rings is 1. The number of halogens is 2. The first-order chi connectivity index (χ1) is 18.3. The lowest BCUT2D eigenvalue weighted by Gasteiger charge is -2.23. The maximum absolute atomic E-state index is 13.3. The summed E-state index contributed by atoms with van der Waals surface area (Å²) >= 11 is 0. The number of hydrogen-bond donors (Lipinski definition) is 1. The average molecular weight is 520 g/mol. The first-order valence-corrected chi connectivity index (χ1v) is 12.3. The highest BCUT2D eigenvalue weighted by Crippen LogP contribution is 2.53. The summed E-state index contributed by atoms with van der Waals surface area (Å²) in [6.45, 7) is -2.07. The zero-order valence-electron chi connectivity index (χ0n) is 20.3. The summed E-state index contributed by atoms with van der Waals surface area (Å²) in [4.78, 5) is 28.4. The van der Waals surface area contributed by atoms with Gasteiger partial charge in [-0.25, -0.2) is 19.5 Å². The quantitative estimate of drug-likeness (QED) is 0.437. The fraction of sp³-hybridized carbons (Fsp3) is 0.346. The molecule has 194 valence electrons. The second-order valence-electron chi connectivity index (χ2n) is 9.97. The SMILES string of the molecule is CN1C(=O)c2cccc(OC(F)F)c2C2CC1c1nn3cnc(-c4cnc(C5(N)CCOC5)nc4)cc3c12. The molecule has 3 aliphatic rings. The van der Waals surface area contributed by atoms with Gasteiger partial charge in [-0.05, 0) is 31.0 Å². The topological polar surface area (TPSA) is 121 Å². The molecule has 1 aliphatic carbocycles. The molecule has 4 aromatic rings. The first kappa shape index (κ1) is 23.1. The van der Waals surface area contributed by atoms with Crippen LogP contribution in [0.3, 0.4) is 0 Å². The van der Waals surface area contributed by atoms with Crippen molar-refractivity contribution >= 4 is 11.4 Å². The van der Waals surface area contributed by atoms with Gasteiger partial charge in [0.2, 0.25) is 0 Å². The number of carbonyl (C=O) groups excluding carboxylic acids is 1. The number of ether oxygens (including phenoxy) is 2. The van der Waals surface area contributed by atoms with Gasteiger partial charge in [0.1, 0.15) is 23.4 Å². The van der Waals surface area contributed by atoms with E-state index in [1.54, 1.807) is 47.3 Å². The van der Waals surface area contributed by atoms with Crippen LogP contribution in [0.15, 0.2) is 43.0 Å². The van der Waals surface area contributed by atoms with E-state index in [9.17, 15) is 13.6 Å². The minimum absolute atomic E-state index is 0.00183. The number of fused-ring (bicyclic) bond motifs is 9. The molecule has 10 nitrogen and oxygen atoms in total. The molecule has 0 spiro atoms. The molecule has 1 aromatic carbocycles.